The lowest BCUT2D eigenvalue weighted by atomic mass is 9.61. The van der Waals surface area contributed by atoms with E-state index in [9.17, 15) is 14.0 Å². The monoisotopic (exact) mass is 389 g/mol. The fourth-order valence-corrected chi connectivity index (χ4v) is 5.40. The van der Waals surface area contributed by atoms with Crippen LogP contribution in [0.1, 0.15) is 48.2 Å². The molecule has 1 saturated heterocycles. The number of halogens is 1. The molecule has 0 aromatic heterocycles. The van der Waals surface area contributed by atoms with Crippen LogP contribution < -0.4 is 5.48 Å². The molecule has 1 aromatic carbocycles. The number of rotatable bonds is 4. The molecule has 2 amide bonds. The van der Waals surface area contributed by atoms with Gasteiger partial charge in [-0.2, -0.15) is 0 Å². The van der Waals surface area contributed by atoms with Crippen LogP contribution in [0.5, 0.6) is 0 Å². The van der Waals surface area contributed by atoms with E-state index >= 15 is 0 Å². The molecule has 2 aliphatic heterocycles. The molecule has 2 heterocycles. The zero-order valence-electron chi connectivity index (χ0n) is 16.4. The summed E-state index contributed by atoms with van der Waals surface area (Å²) in [7, 11) is 0. The second kappa shape index (κ2) is 7.44. The molecule has 1 saturated carbocycles. The Morgan fingerprint density at radius 2 is 2.00 bits per heavy atom. The smallest absolute Gasteiger partial charge is 0.274 e. The number of hydroxylamine groups is 1. The number of carbonyl (C=O) groups excluding carboxylic acids is 2. The molecule has 7 heteroatoms. The van der Waals surface area contributed by atoms with Crippen molar-refractivity contribution < 1.29 is 19.2 Å². The van der Waals surface area contributed by atoms with Gasteiger partial charge in [0.15, 0.2) is 0 Å². The molecule has 0 spiro atoms. The second-order valence-electron chi connectivity index (χ2n) is 8.58. The van der Waals surface area contributed by atoms with Gasteiger partial charge >= 0.3 is 0 Å². The summed E-state index contributed by atoms with van der Waals surface area (Å²) in [5.74, 6) is 0.807. The van der Waals surface area contributed by atoms with Gasteiger partial charge in [-0.05, 0) is 60.3 Å². The second-order valence-corrected chi connectivity index (χ2v) is 8.58. The van der Waals surface area contributed by atoms with E-state index in [4.69, 9.17) is 5.21 Å². The van der Waals surface area contributed by atoms with Crippen molar-refractivity contribution in [3.63, 3.8) is 0 Å². The summed E-state index contributed by atoms with van der Waals surface area (Å²) in [6, 6.07) is 3.19. The zero-order chi connectivity index (χ0) is 20.0. The zero-order valence-corrected chi connectivity index (χ0v) is 16.4. The predicted octanol–water partition coefficient (Wildman–Crippen LogP) is 2.20. The van der Waals surface area contributed by atoms with Gasteiger partial charge in [-0.1, -0.05) is 6.92 Å². The molecule has 2 unspecified atom stereocenters. The van der Waals surface area contributed by atoms with E-state index in [-0.39, 0.29) is 23.3 Å². The standard InChI is InChI=1S/C21H28FN3O3/c1-3-17-7-18-14(4-13(6-20(18)22)21(27)23-28)10-25(17)11-19-15-5-16(19)9-24(8-15)12(2)26/h4,6,15-17,19,28H,3,5,7-11H2,1-2H3,(H,23,27)/t15?,16?,17-,19?/m1/s1. The van der Waals surface area contributed by atoms with E-state index in [0.717, 1.165) is 31.6 Å². The lowest BCUT2D eigenvalue weighted by molar-refractivity contribution is -0.141. The Bertz CT molecular complexity index is 787. The van der Waals surface area contributed by atoms with Gasteiger partial charge in [-0.25, -0.2) is 9.87 Å². The fraction of sp³-hybridized carbons (Fsp3) is 0.619. The van der Waals surface area contributed by atoms with Crippen molar-refractivity contribution >= 4 is 11.8 Å². The summed E-state index contributed by atoms with van der Waals surface area (Å²) in [5.41, 5.74) is 3.25. The minimum Gasteiger partial charge on any atom is -0.342 e. The largest absolute Gasteiger partial charge is 0.342 e. The van der Waals surface area contributed by atoms with Gasteiger partial charge in [0.2, 0.25) is 5.91 Å². The predicted molar refractivity (Wildman–Crippen MR) is 101 cm³/mol. The van der Waals surface area contributed by atoms with E-state index in [2.05, 4.69) is 11.8 Å². The van der Waals surface area contributed by atoms with Crippen molar-refractivity contribution in [1.82, 2.24) is 15.3 Å². The van der Waals surface area contributed by atoms with Crippen LogP contribution in [0, 0.1) is 23.6 Å². The number of benzene rings is 1. The molecule has 3 atom stereocenters. The van der Waals surface area contributed by atoms with Crippen molar-refractivity contribution in [2.24, 2.45) is 17.8 Å². The number of likely N-dealkylation sites (tertiary alicyclic amines) is 1. The molecule has 1 aromatic rings. The summed E-state index contributed by atoms with van der Waals surface area (Å²) in [4.78, 5) is 27.8. The summed E-state index contributed by atoms with van der Waals surface area (Å²) in [6.07, 6.45) is 2.78. The molecule has 152 valence electrons. The maximum Gasteiger partial charge on any atom is 0.274 e. The summed E-state index contributed by atoms with van der Waals surface area (Å²) in [6.45, 7) is 7.05. The molecule has 28 heavy (non-hydrogen) atoms. The Morgan fingerprint density at radius 1 is 1.29 bits per heavy atom. The minimum absolute atomic E-state index is 0.145. The maximum atomic E-state index is 14.6. The van der Waals surface area contributed by atoms with Gasteiger partial charge in [-0.15, -0.1) is 0 Å². The highest BCUT2D eigenvalue weighted by atomic mass is 19.1. The molecule has 0 radical (unpaired) electrons. The first-order chi connectivity index (χ1) is 13.4. The first-order valence-corrected chi connectivity index (χ1v) is 10.2. The Morgan fingerprint density at radius 3 is 2.61 bits per heavy atom. The number of nitrogens with one attached hydrogen (secondary N) is 1. The van der Waals surface area contributed by atoms with Gasteiger partial charge in [0.25, 0.3) is 5.91 Å². The summed E-state index contributed by atoms with van der Waals surface area (Å²) in [5, 5.41) is 8.87. The van der Waals surface area contributed by atoms with E-state index < -0.39 is 5.91 Å². The fourth-order valence-electron chi connectivity index (χ4n) is 5.40. The highest BCUT2D eigenvalue weighted by Crippen LogP contribution is 2.46. The van der Waals surface area contributed by atoms with Crippen molar-refractivity contribution in [2.75, 3.05) is 19.6 Å². The Kier molecular flexibility index (Phi) is 5.14. The number of hydrogen-bond acceptors (Lipinski definition) is 4. The Balaban J connectivity index is 1.51. The molecule has 1 aliphatic carbocycles. The number of hydrogen-bond donors (Lipinski definition) is 2. The van der Waals surface area contributed by atoms with E-state index in [1.807, 2.05) is 4.90 Å². The van der Waals surface area contributed by atoms with Gasteiger partial charge in [-0.3, -0.25) is 19.7 Å². The minimum atomic E-state index is -0.691. The van der Waals surface area contributed by atoms with E-state index in [1.165, 1.54) is 12.5 Å². The van der Waals surface area contributed by atoms with Crippen LogP contribution in [-0.2, 0) is 17.8 Å². The Labute approximate surface area is 164 Å². The summed E-state index contributed by atoms with van der Waals surface area (Å²) < 4.78 is 14.6. The van der Waals surface area contributed by atoms with Crippen molar-refractivity contribution in [3.8, 4) is 0 Å². The van der Waals surface area contributed by atoms with Crippen molar-refractivity contribution in [3.05, 3.63) is 34.6 Å². The number of nitrogens with zero attached hydrogens (tertiary/aromatic N) is 2. The highest BCUT2D eigenvalue weighted by molar-refractivity contribution is 5.93. The topological polar surface area (TPSA) is 72.9 Å². The van der Waals surface area contributed by atoms with Crippen LogP contribution in [0.3, 0.4) is 0 Å². The molecule has 2 bridgehead atoms. The summed E-state index contributed by atoms with van der Waals surface area (Å²) >= 11 is 0. The lowest BCUT2D eigenvalue weighted by Gasteiger charge is -2.55. The Hall–Kier alpha value is -1.99. The van der Waals surface area contributed by atoms with Crippen LogP contribution >= 0.6 is 0 Å². The van der Waals surface area contributed by atoms with E-state index in [1.54, 1.807) is 18.5 Å². The third kappa shape index (κ3) is 3.31. The average molecular weight is 389 g/mol. The van der Waals surface area contributed by atoms with E-state index in [0.29, 0.717) is 36.3 Å². The van der Waals surface area contributed by atoms with Gasteiger partial charge in [0, 0.05) is 44.7 Å². The van der Waals surface area contributed by atoms with Crippen LogP contribution in [0.2, 0.25) is 0 Å². The van der Waals surface area contributed by atoms with Crippen LogP contribution in [0.25, 0.3) is 0 Å². The number of fused-ring (bicyclic) bond motifs is 3. The SMILES string of the molecule is CC[C@@H]1Cc2c(F)cc(C(=O)NO)cc2CN1CC1C2CC1CN(C(C)=O)C2. The first kappa shape index (κ1) is 19.3. The van der Waals surface area contributed by atoms with Gasteiger partial charge < -0.3 is 4.90 Å². The van der Waals surface area contributed by atoms with Gasteiger partial charge in [0.1, 0.15) is 5.82 Å². The van der Waals surface area contributed by atoms with Gasteiger partial charge in [0.05, 0.1) is 0 Å². The number of carbonyl (C=O) groups is 2. The average Bonchev–Trinajstić information content (AvgIpc) is 2.70. The molecule has 4 rings (SSSR count). The quantitative estimate of drug-likeness (QED) is 0.612. The highest BCUT2D eigenvalue weighted by Gasteiger charge is 2.48. The van der Waals surface area contributed by atoms with Crippen LogP contribution in [-0.4, -0.2) is 52.5 Å². The molecule has 2 fully saturated rings. The van der Waals surface area contributed by atoms with Crippen LogP contribution in [0.15, 0.2) is 12.1 Å². The molecule has 2 N–H and O–H groups in total. The third-order valence-corrected chi connectivity index (χ3v) is 7.07. The molecule has 6 nitrogen and oxygen atoms in total. The number of amides is 2. The lowest BCUT2D eigenvalue weighted by Crippen LogP contribution is -2.59. The third-order valence-electron chi connectivity index (χ3n) is 7.07. The van der Waals surface area contributed by atoms with Crippen molar-refractivity contribution in [1.29, 1.82) is 0 Å². The number of piperidine rings is 2. The van der Waals surface area contributed by atoms with Crippen molar-refractivity contribution in [2.45, 2.75) is 45.7 Å². The van der Waals surface area contributed by atoms with Crippen LogP contribution in [0.4, 0.5) is 4.39 Å². The molecule has 3 aliphatic rings. The normalized spacial score (nSPS) is 29.1. The molecular weight excluding hydrogens is 361 g/mol. The maximum absolute atomic E-state index is 14.6. The molecular formula is C21H28FN3O3. The first-order valence-electron chi connectivity index (χ1n) is 10.2.